The lowest BCUT2D eigenvalue weighted by Crippen LogP contribution is -2.22. The number of hydrogen-bond donors (Lipinski definition) is 1. The highest BCUT2D eigenvalue weighted by atomic mass is 16.1. The molecule has 0 atom stereocenters. The average molecular weight is 394 g/mol. The first-order valence-electron chi connectivity index (χ1n) is 9.77. The fraction of sp³-hybridized carbons (Fsp3) is 0.0800. The van der Waals surface area contributed by atoms with Gasteiger partial charge in [-0.1, -0.05) is 66.7 Å². The Labute approximate surface area is 176 Å². The predicted octanol–water partition coefficient (Wildman–Crippen LogP) is 5.38. The van der Waals surface area contributed by atoms with Crippen LogP contribution < -0.4 is 10.2 Å². The number of nitrogens with one attached hydrogen (secondary N) is 1. The van der Waals surface area contributed by atoms with Crippen molar-refractivity contribution < 1.29 is 4.79 Å². The Bertz CT molecular complexity index is 1120. The molecule has 5 nitrogen and oxygen atoms in total. The first-order chi connectivity index (χ1) is 14.7. The van der Waals surface area contributed by atoms with E-state index >= 15 is 0 Å². The van der Waals surface area contributed by atoms with E-state index in [2.05, 4.69) is 27.4 Å². The minimum atomic E-state index is -0.263. The van der Waals surface area contributed by atoms with Gasteiger partial charge in [0.2, 0.25) is 5.95 Å². The van der Waals surface area contributed by atoms with Crippen LogP contribution in [0.15, 0.2) is 97.1 Å². The molecule has 1 aromatic heterocycles. The average Bonchev–Trinajstić information content (AvgIpc) is 2.79. The highest BCUT2D eigenvalue weighted by Gasteiger charge is 2.17. The number of hydrogen-bond acceptors (Lipinski definition) is 4. The van der Waals surface area contributed by atoms with Gasteiger partial charge in [-0.25, -0.2) is 9.97 Å². The highest BCUT2D eigenvalue weighted by molar-refractivity contribution is 6.03. The Balaban J connectivity index is 1.69. The lowest BCUT2D eigenvalue weighted by Gasteiger charge is -2.23. The Hall–Kier alpha value is -3.99. The summed E-state index contributed by atoms with van der Waals surface area (Å²) in [6.45, 7) is 2.46. The largest absolute Gasteiger partial charge is 0.321 e. The second kappa shape index (κ2) is 9.01. The SMILES string of the molecule is Cc1cc(C(=O)Nc2ccccc2)nc(N(Cc2ccccc2)c2ccccc2)n1. The number of aromatic nitrogens is 2. The molecule has 0 saturated heterocycles. The maximum atomic E-state index is 12.8. The van der Waals surface area contributed by atoms with Gasteiger partial charge in [0.1, 0.15) is 5.69 Å². The molecule has 148 valence electrons. The molecule has 0 aliphatic heterocycles. The molecular weight excluding hydrogens is 372 g/mol. The summed E-state index contributed by atoms with van der Waals surface area (Å²) < 4.78 is 0. The van der Waals surface area contributed by atoms with Crippen LogP contribution in [-0.2, 0) is 6.54 Å². The van der Waals surface area contributed by atoms with Gasteiger partial charge < -0.3 is 10.2 Å². The standard InChI is InChI=1S/C25H22N4O/c1-19-17-23(24(30)27-21-13-7-3-8-14-21)28-25(26-19)29(22-15-9-4-10-16-22)18-20-11-5-2-6-12-20/h2-17H,18H2,1H3,(H,27,30). The zero-order valence-electron chi connectivity index (χ0n) is 16.7. The molecule has 0 radical (unpaired) electrons. The molecule has 4 rings (SSSR count). The lowest BCUT2D eigenvalue weighted by molar-refractivity contribution is 0.102. The Kier molecular flexibility index (Phi) is 5.80. The zero-order chi connectivity index (χ0) is 20.8. The van der Waals surface area contributed by atoms with Crippen molar-refractivity contribution in [3.05, 3.63) is 114 Å². The highest BCUT2D eigenvalue weighted by Crippen LogP contribution is 2.25. The first kappa shape index (κ1) is 19.3. The molecule has 1 heterocycles. The van der Waals surface area contributed by atoms with Crippen LogP contribution in [0.2, 0.25) is 0 Å². The van der Waals surface area contributed by atoms with Gasteiger partial charge in [-0.3, -0.25) is 4.79 Å². The van der Waals surface area contributed by atoms with Gasteiger partial charge in [-0.15, -0.1) is 0 Å². The molecule has 0 spiro atoms. The zero-order valence-corrected chi connectivity index (χ0v) is 16.7. The van der Waals surface area contributed by atoms with Crippen molar-refractivity contribution in [1.82, 2.24) is 9.97 Å². The maximum absolute atomic E-state index is 12.8. The normalized spacial score (nSPS) is 10.4. The van der Waals surface area contributed by atoms with E-state index in [1.165, 1.54) is 0 Å². The van der Waals surface area contributed by atoms with E-state index in [0.717, 1.165) is 22.6 Å². The van der Waals surface area contributed by atoms with Crippen LogP contribution in [0.1, 0.15) is 21.7 Å². The van der Waals surface area contributed by atoms with E-state index < -0.39 is 0 Å². The van der Waals surface area contributed by atoms with Crippen LogP contribution in [0.3, 0.4) is 0 Å². The van der Waals surface area contributed by atoms with Gasteiger partial charge in [0, 0.05) is 17.1 Å². The number of aryl methyl sites for hydroxylation is 1. The summed E-state index contributed by atoms with van der Waals surface area (Å²) >= 11 is 0. The van der Waals surface area contributed by atoms with Crippen molar-refractivity contribution in [2.75, 3.05) is 10.2 Å². The van der Waals surface area contributed by atoms with E-state index in [0.29, 0.717) is 18.2 Å². The van der Waals surface area contributed by atoms with E-state index in [-0.39, 0.29) is 5.91 Å². The number of amides is 1. The number of benzene rings is 3. The van der Waals surface area contributed by atoms with Gasteiger partial charge >= 0.3 is 0 Å². The van der Waals surface area contributed by atoms with Crippen molar-refractivity contribution in [1.29, 1.82) is 0 Å². The molecule has 0 aliphatic carbocycles. The third-order valence-electron chi connectivity index (χ3n) is 4.60. The fourth-order valence-corrected chi connectivity index (χ4v) is 3.16. The van der Waals surface area contributed by atoms with Crippen molar-refractivity contribution in [3.8, 4) is 0 Å². The fourth-order valence-electron chi connectivity index (χ4n) is 3.16. The topological polar surface area (TPSA) is 58.1 Å². The second-order valence-electron chi connectivity index (χ2n) is 6.92. The number of para-hydroxylation sites is 2. The number of anilines is 3. The van der Waals surface area contributed by atoms with Crippen LogP contribution >= 0.6 is 0 Å². The van der Waals surface area contributed by atoms with Gasteiger partial charge in [0.05, 0.1) is 6.54 Å². The van der Waals surface area contributed by atoms with Crippen molar-refractivity contribution >= 4 is 23.2 Å². The molecule has 30 heavy (non-hydrogen) atoms. The quantitative estimate of drug-likeness (QED) is 0.477. The van der Waals surface area contributed by atoms with Gasteiger partial charge in [0.15, 0.2) is 0 Å². The molecule has 1 amide bonds. The van der Waals surface area contributed by atoms with Crippen LogP contribution in [0.4, 0.5) is 17.3 Å². The summed E-state index contributed by atoms with van der Waals surface area (Å²) in [4.78, 5) is 24.1. The summed E-state index contributed by atoms with van der Waals surface area (Å²) in [5.74, 6) is 0.226. The number of nitrogens with zero attached hydrogens (tertiary/aromatic N) is 3. The van der Waals surface area contributed by atoms with Crippen molar-refractivity contribution in [3.63, 3.8) is 0 Å². The second-order valence-corrected chi connectivity index (χ2v) is 6.92. The van der Waals surface area contributed by atoms with E-state index in [1.54, 1.807) is 6.07 Å². The Morgan fingerprint density at radius 2 is 1.43 bits per heavy atom. The van der Waals surface area contributed by atoms with Gasteiger partial charge in [-0.05, 0) is 42.8 Å². The lowest BCUT2D eigenvalue weighted by atomic mass is 10.2. The summed E-state index contributed by atoms with van der Waals surface area (Å²) in [6.07, 6.45) is 0. The number of rotatable bonds is 6. The Morgan fingerprint density at radius 3 is 2.10 bits per heavy atom. The smallest absolute Gasteiger partial charge is 0.274 e. The molecule has 4 aromatic rings. The molecule has 0 fully saturated rings. The van der Waals surface area contributed by atoms with Gasteiger partial charge in [-0.2, -0.15) is 0 Å². The minimum Gasteiger partial charge on any atom is -0.321 e. The van der Waals surface area contributed by atoms with Crippen LogP contribution in [0.25, 0.3) is 0 Å². The van der Waals surface area contributed by atoms with Crippen LogP contribution in [0.5, 0.6) is 0 Å². The van der Waals surface area contributed by atoms with Crippen molar-refractivity contribution in [2.24, 2.45) is 0 Å². The summed E-state index contributed by atoms with van der Waals surface area (Å²) in [5, 5.41) is 2.89. The molecule has 0 saturated carbocycles. The maximum Gasteiger partial charge on any atom is 0.274 e. The third kappa shape index (κ3) is 4.70. The van der Waals surface area contributed by atoms with Crippen LogP contribution in [-0.4, -0.2) is 15.9 Å². The molecule has 3 aromatic carbocycles. The third-order valence-corrected chi connectivity index (χ3v) is 4.60. The summed E-state index contributed by atoms with van der Waals surface area (Å²) in [6, 6.07) is 31.1. The van der Waals surface area contributed by atoms with E-state index in [9.17, 15) is 4.79 Å². The summed E-state index contributed by atoms with van der Waals surface area (Å²) in [7, 11) is 0. The molecular formula is C25H22N4O. The van der Waals surface area contributed by atoms with Gasteiger partial charge in [0.25, 0.3) is 5.91 Å². The van der Waals surface area contributed by atoms with E-state index in [1.807, 2.05) is 90.7 Å². The minimum absolute atomic E-state index is 0.263. The molecule has 0 aliphatic rings. The molecule has 5 heteroatoms. The molecule has 0 bridgehead atoms. The van der Waals surface area contributed by atoms with Crippen LogP contribution in [0, 0.1) is 6.92 Å². The predicted molar refractivity (Wildman–Crippen MR) is 120 cm³/mol. The monoisotopic (exact) mass is 394 g/mol. The number of carbonyl (C=O) groups is 1. The van der Waals surface area contributed by atoms with E-state index in [4.69, 9.17) is 0 Å². The van der Waals surface area contributed by atoms with Crippen molar-refractivity contribution in [2.45, 2.75) is 13.5 Å². The molecule has 0 unspecified atom stereocenters. The molecule has 1 N–H and O–H groups in total. The summed E-state index contributed by atoms with van der Waals surface area (Å²) in [5.41, 5.74) is 3.87. The number of carbonyl (C=O) groups excluding carboxylic acids is 1. The first-order valence-corrected chi connectivity index (χ1v) is 9.77. The Morgan fingerprint density at radius 1 is 0.833 bits per heavy atom.